The van der Waals surface area contributed by atoms with Crippen molar-refractivity contribution in [2.75, 3.05) is 71.0 Å². The Labute approximate surface area is 273 Å². The van der Waals surface area contributed by atoms with Gasteiger partial charge in [0.25, 0.3) is 11.8 Å². The second-order valence-electron chi connectivity index (χ2n) is 11.6. The van der Waals surface area contributed by atoms with Crippen LogP contribution < -0.4 is 9.64 Å². The third-order valence-corrected chi connectivity index (χ3v) is 9.51. The maximum Gasteiger partial charge on any atom is 0.265 e. The summed E-state index contributed by atoms with van der Waals surface area (Å²) in [7, 11) is 1.78. The van der Waals surface area contributed by atoms with Gasteiger partial charge in [-0.3, -0.25) is 24.2 Å². The van der Waals surface area contributed by atoms with Crippen molar-refractivity contribution >= 4 is 46.6 Å². The van der Waals surface area contributed by atoms with E-state index >= 15 is 0 Å². The number of anilines is 1. The molecule has 0 saturated carbocycles. The number of morpholine rings is 1. The van der Waals surface area contributed by atoms with E-state index in [1.54, 1.807) is 24.1 Å². The molecule has 236 valence electrons. The summed E-state index contributed by atoms with van der Waals surface area (Å²) < 4.78 is 11.1. The van der Waals surface area contributed by atoms with E-state index in [4.69, 9.17) is 32.7 Å². The molecule has 3 aromatic carbocycles. The molecule has 3 aliphatic rings. The van der Waals surface area contributed by atoms with Crippen LogP contribution in [0.3, 0.4) is 0 Å². The quantitative estimate of drug-likeness (QED) is 0.335. The molecule has 9 nitrogen and oxygen atoms in total. The Kier molecular flexibility index (Phi) is 9.61. The molecule has 3 aliphatic heterocycles. The third kappa shape index (κ3) is 6.97. The predicted octanol–water partition coefficient (Wildman–Crippen LogP) is 5.15. The van der Waals surface area contributed by atoms with E-state index in [1.165, 1.54) is 4.90 Å². The molecule has 2 fully saturated rings. The van der Waals surface area contributed by atoms with Gasteiger partial charge in [0.05, 0.1) is 35.0 Å². The van der Waals surface area contributed by atoms with Gasteiger partial charge in [-0.05, 0) is 47.7 Å². The number of rotatable bonds is 8. The molecule has 0 N–H and O–H groups in total. The first kappa shape index (κ1) is 31.4. The number of hydrogen-bond acceptors (Lipinski definition) is 6. The monoisotopic (exact) mass is 650 g/mol. The molecular formula is C34H36Cl2N4O5. The molecule has 3 heterocycles. The van der Waals surface area contributed by atoms with Gasteiger partial charge in [-0.25, -0.2) is 0 Å². The lowest BCUT2D eigenvalue weighted by Gasteiger charge is -2.37. The second-order valence-corrected chi connectivity index (χ2v) is 12.4. The molecule has 3 amide bonds. The Morgan fingerprint density at radius 2 is 1.51 bits per heavy atom. The van der Waals surface area contributed by atoms with E-state index in [-0.39, 0.29) is 41.9 Å². The van der Waals surface area contributed by atoms with Gasteiger partial charge in [0.1, 0.15) is 12.3 Å². The summed E-state index contributed by atoms with van der Waals surface area (Å²) in [5.41, 5.74) is 4.13. The topological polar surface area (TPSA) is 82.6 Å². The summed E-state index contributed by atoms with van der Waals surface area (Å²) in [6, 6.07) is 18.8. The van der Waals surface area contributed by atoms with Crippen molar-refractivity contribution in [2.45, 2.75) is 18.9 Å². The number of nitrogens with zero attached hydrogens (tertiary/aromatic N) is 4. The van der Waals surface area contributed by atoms with Crippen LogP contribution in [0.15, 0.2) is 60.7 Å². The van der Waals surface area contributed by atoms with Crippen LogP contribution in [0.5, 0.6) is 5.75 Å². The number of amides is 3. The van der Waals surface area contributed by atoms with E-state index in [9.17, 15) is 14.4 Å². The first-order valence-electron chi connectivity index (χ1n) is 15.3. The lowest BCUT2D eigenvalue weighted by atomic mass is 9.98. The fraction of sp³-hybridized carbons (Fsp3) is 0.382. The van der Waals surface area contributed by atoms with Crippen LogP contribution in [0.4, 0.5) is 5.69 Å². The summed E-state index contributed by atoms with van der Waals surface area (Å²) in [6.07, 6.45) is 2.12. The van der Waals surface area contributed by atoms with Crippen molar-refractivity contribution in [3.63, 3.8) is 0 Å². The molecule has 0 aliphatic carbocycles. The van der Waals surface area contributed by atoms with Crippen molar-refractivity contribution in [1.29, 1.82) is 0 Å². The van der Waals surface area contributed by atoms with E-state index < -0.39 is 0 Å². The number of likely N-dealkylation sites (tertiary alicyclic amines) is 1. The number of hydrogen-bond donors (Lipinski definition) is 0. The number of carbonyl (C=O) groups excluding carboxylic acids is 3. The molecule has 6 rings (SSSR count). The summed E-state index contributed by atoms with van der Waals surface area (Å²) >= 11 is 12.4. The van der Waals surface area contributed by atoms with Gasteiger partial charge in [0.15, 0.2) is 6.61 Å². The van der Waals surface area contributed by atoms with Crippen molar-refractivity contribution in [3.05, 3.63) is 81.8 Å². The molecule has 45 heavy (non-hydrogen) atoms. The lowest BCUT2D eigenvalue weighted by Crippen LogP contribution is -2.48. The van der Waals surface area contributed by atoms with Gasteiger partial charge in [0, 0.05) is 51.4 Å². The van der Waals surface area contributed by atoms with Crippen molar-refractivity contribution in [1.82, 2.24) is 14.7 Å². The maximum absolute atomic E-state index is 13.8. The molecule has 0 radical (unpaired) electrons. The zero-order valence-electron chi connectivity index (χ0n) is 25.2. The lowest BCUT2D eigenvalue weighted by molar-refractivity contribution is -0.133. The van der Waals surface area contributed by atoms with Gasteiger partial charge >= 0.3 is 0 Å². The standard InChI is InChI=1S/C34H36Cl2N4O5/c1-37(32(41)21-40-29-18-27(35)28(36)19-31(29)45-22-33(40)42)30(20-38-14-16-44-17-15-38)25-8-4-23(5-9-25)24-6-10-26(11-7-24)34(43)39-12-2-3-13-39/h4-11,18-19,30H,2-3,12-17,20-22H2,1H3. The fourth-order valence-electron chi connectivity index (χ4n) is 6.08. The van der Waals surface area contributed by atoms with Gasteiger partial charge in [-0.15, -0.1) is 0 Å². The van der Waals surface area contributed by atoms with Crippen LogP contribution >= 0.6 is 23.2 Å². The highest BCUT2D eigenvalue weighted by molar-refractivity contribution is 6.42. The average Bonchev–Trinajstić information content (AvgIpc) is 3.61. The first-order chi connectivity index (χ1) is 21.8. The Bertz CT molecular complexity index is 1550. The predicted molar refractivity (Wildman–Crippen MR) is 174 cm³/mol. The SMILES string of the molecule is CN(C(=O)CN1C(=O)COc2cc(Cl)c(Cl)cc21)C(CN1CCOCC1)c1ccc(-c2ccc(C(=O)N3CCCC3)cc2)cc1. The average molecular weight is 652 g/mol. The smallest absolute Gasteiger partial charge is 0.265 e. The van der Waals surface area contributed by atoms with Gasteiger partial charge in [-0.1, -0.05) is 59.6 Å². The Morgan fingerprint density at radius 3 is 2.18 bits per heavy atom. The summed E-state index contributed by atoms with van der Waals surface area (Å²) in [6.45, 7) is 4.74. The Morgan fingerprint density at radius 1 is 0.889 bits per heavy atom. The molecule has 2 saturated heterocycles. The van der Waals surface area contributed by atoms with Crippen LogP contribution in [0, 0.1) is 0 Å². The zero-order valence-corrected chi connectivity index (χ0v) is 26.7. The molecule has 0 spiro atoms. The summed E-state index contributed by atoms with van der Waals surface area (Å²) in [4.78, 5) is 46.8. The van der Waals surface area contributed by atoms with Crippen LogP contribution in [0.25, 0.3) is 11.1 Å². The summed E-state index contributed by atoms with van der Waals surface area (Å²) in [5, 5.41) is 0.589. The van der Waals surface area contributed by atoms with Gasteiger partial charge in [-0.2, -0.15) is 0 Å². The molecule has 11 heteroatoms. The second kappa shape index (κ2) is 13.8. The van der Waals surface area contributed by atoms with Crippen LogP contribution in [0.1, 0.15) is 34.8 Å². The number of fused-ring (bicyclic) bond motifs is 1. The minimum absolute atomic E-state index is 0.0854. The highest BCUT2D eigenvalue weighted by Gasteiger charge is 2.32. The van der Waals surface area contributed by atoms with Crippen LogP contribution in [-0.2, 0) is 14.3 Å². The normalized spacial score (nSPS) is 17.5. The maximum atomic E-state index is 13.8. The van der Waals surface area contributed by atoms with Crippen LogP contribution in [0.2, 0.25) is 10.0 Å². The molecule has 1 atom stereocenters. The number of halogens is 2. The van der Waals surface area contributed by atoms with Crippen molar-refractivity contribution in [3.8, 4) is 16.9 Å². The Hall–Kier alpha value is -3.63. The summed E-state index contributed by atoms with van der Waals surface area (Å²) in [5.74, 6) is -0.0525. The molecular weight excluding hydrogens is 615 g/mol. The fourth-order valence-corrected chi connectivity index (χ4v) is 6.39. The molecule has 3 aromatic rings. The third-order valence-electron chi connectivity index (χ3n) is 8.79. The minimum Gasteiger partial charge on any atom is -0.482 e. The van der Waals surface area contributed by atoms with Gasteiger partial charge in [0.2, 0.25) is 5.91 Å². The van der Waals surface area contributed by atoms with E-state index in [2.05, 4.69) is 4.90 Å². The highest BCUT2D eigenvalue weighted by Crippen LogP contribution is 2.39. The zero-order chi connectivity index (χ0) is 31.5. The molecule has 1 unspecified atom stereocenters. The highest BCUT2D eigenvalue weighted by atomic mass is 35.5. The number of ether oxygens (including phenoxy) is 2. The molecule has 0 bridgehead atoms. The van der Waals surface area contributed by atoms with Crippen molar-refractivity contribution < 1.29 is 23.9 Å². The first-order valence-corrected chi connectivity index (χ1v) is 16.0. The Balaban J connectivity index is 1.21. The minimum atomic E-state index is -0.329. The largest absolute Gasteiger partial charge is 0.482 e. The van der Waals surface area contributed by atoms with E-state index in [0.29, 0.717) is 41.8 Å². The molecule has 0 aromatic heterocycles. The number of likely N-dealkylation sites (N-methyl/N-ethyl adjacent to an activating group) is 1. The van der Waals surface area contributed by atoms with Crippen LogP contribution in [-0.4, -0.2) is 98.6 Å². The number of benzene rings is 3. The van der Waals surface area contributed by atoms with Crippen molar-refractivity contribution in [2.24, 2.45) is 0 Å². The van der Waals surface area contributed by atoms with Gasteiger partial charge < -0.3 is 19.3 Å². The number of carbonyl (C=O) groups is 3. The van der Waals surface area contributed by atoms with E-state index in [0.717, 1.165) is 55.7 Å². The van der Waals surface area contributed by atoms with E-state index in [1.807, 2.05) is 53.4 Å².